The van der Waals surface area contributed by atoms with Crippen LogP contribution in [0.1, 0.15) is 41.0 Å². The molecule has 4 heteroatoms. The quantitative estimate of drug-likeness (QED) is 0.536. The van der Waals surface area contributed by atoms with Crippen molar-refractivity contribution >= 4 is 0 Å². The highest BCUT2D eigenvalue weighted by Crippen LogP contribution is 2.43. The molecule has 2 bridgehead atoms. The van der Waals surface area contributed by atoms with Crippen LogP contribution in [-0.4, -0.2) is 19.7 Å². The summed E-state index contributed by atoms with van der Waals surface area (Å²) in [6.07, 6.45) is 7.35. The molecule has 4 atom stereocenters. The van der Waals surface area contributed by atoms with Crippen LogP contribution in [0.4, 0.5) is 8.78 Å². The van der Waals surface area contributed by atoms with Crippen molar-refractivity contribution < 1.29 is 13.5 Å². The maximum absolute atomic E-state index is 13.9. The molecule has 2 nitrogen and oxygen atoms in total. The van der Waals surface area contributed by atoms with Crippen LogP contribution in [0, 0.1) is 43.2 Å². The molecular formula is C26H31F2NO. The molecule has 0 heterocycles. The fourth-order valence-electron chi connectivity index (χ4n) is 5.26. The summed E-state index contributed by atoms with van der Waals surface area (Å²) in [5.41, 5.74) is 3.72. The van der Waals surface area contributed by atoms with E-state index >= 15 is 0 Å². The Morgan fingerprint density at radius 2 is 1.70 bits per heavy atom. The van der Waals surface area contributed by atoms with Crippen molar-refractivity contribution in [2.45, 2.75) is 39.2 Å². The van der Waals surface area contributed by atoms with Crippen molar-refractivity contribution in [3.05, 3.63) is 82.4 Å². The molecule has 1 saturated carbocycles. The van der Waals surface area contributed by atoms with Crippen molar-refractivity contribution in [3.8, 4) is 0 Å². The molecule has 1 fully saturated rings. The second-order valence-corrected chi connectivity index (χ2v) is 8.92. The third kappa shape index (κ3) is 4.65. The average Bonchev–Trinajstić information content (AvgIpc) is 3.33. The highest BCUT2D eigenvalue weighted by atomic mass is 19.1. The SMILES string of the molecule is Cc1cccc(C)c1C(CNCC1CC2C=CC1C2)COCc1c(F)cccc1F. The zero-order chi connectivity index (χ0) is 21.1. The lowest BCUT2D eigenvalue weighted by atomic mass is 9.90. The zero-order valence-electron chi connectivity index (χ0n) is 17.8. The van der Waals surface area contributed by atoms with Gasteiger partial charge < -0.3 is 10.1 Å². The number of aryl methyl sites for hydroxylation is 2. The first-order valence-electron chi connectivity index (χ1n) is 11.0. The van der Waals surface area contributed by atoms with Crippen LogP contribution in [0.2, 0.25) is 0 Å². The third-order valence-corrected chi connectivity index (χ3v) is 6.79. The van der Waals surface area contributed by atoms with Gasteiger partial charge in [0.25, 0.3) is 0 Å². The van der Waals surface area contributed by atoms with Gasteiger partial charge in [-0.05, 0) is 79.8 Å². The Hall–Kier alpha value is -2.04. The molecule has 2 aromatic rings. The maximum Gasteiger partial charge on any atom is 0.131 e. The molecule has 0 saturated heterocycles. The highest BCUT2D eigenvalue weighted by Gasteiger charge is 2.35. The lowest BCUT2D eigenvalue weighted by Crippen LogP contribution is -2.31. The van der Waals surface area contributed by atoms with E-state index < -0.39 is 11.6 Å². The predicted molar refractivity (Wildman–Crippen MR) is 116 cm³/mol. The number of benzene rings is 2. The normalized spacial score (nSPS) is 23.3. The summed E-state index contributed by atoms with van der Waals surface area (Å²) < 4.78 is 33.7. The van der Waals surface area contributed by atoms with Gasteiger partial charge in [-0.1, -0.05) is 36.4 Å². The summed E-state index contributed by atoms with van der Waals surface area (Å²) in [4.78, 5) is 0. The Bertz CT molecular complexity index is 869. The molecule has 0 spiro atoms. The van der Waals surface area contributed by atoms with Gasteiger partial charge in [-0.2, -0.15) is 0 Å². The minimum absolute atomic E-state index is 0.000479. The first kappa shape index (κ1) is 21.2. The van der Waals surface area contributed by atoms with E-state index in [1.54, 1.807) is 0 Å². The third-order valence-electron chi connectivity index (χ3n) is 6.79. The Morgan fingerprint density at radius 3 is 2.33 bits per heavy atom. The summed E-state index contributed by atoms with van der Waals surface area (Å²) in [7, 11) is 0. The van der Waals surface area contributed by atoms with Crippen LogP contribution in [0.25, 0.3) is 0 Å². The molecule has 160 valence electrons. The standard InChI is InChI=1S/C26H31F2NO/c1-17-5-3-6-18(2)26(17)22(14-29-13-21-12-19-9-10-20(21)11-19)15-30-16-23-24(27)7-4-8-25(23)28/h3-10,19-22,29H,11-16H2,1-2H3. The van der Waals surface area contributed by atoms with Gasteiger partial charge in [0, 0.05) is 18.0 Å². The lowest BCUT2D eigenvalue weighted by Gasteiger charge is -2.25. The number of halogens is 2. The van der Waals surface area contributed by atoms with Crippen molar-refractivity contribution in [3.63, 3.8) is 0 Å². The number of rotatable bonds is 9. The number of fused-ring (bicyclic) bond motifs is 2. The van der Waals surface area contributed by atoms with Crippen LogP contribution in [0.15, 0.2) is 48.6 Å². The van der Waals surface area contributed by atoms with Crippen LogP contribution >= 0.6 is 0 Å². The largest absolute Gasteiger partial charge is 0.376 e. The van der Waals surface area contributed by atoms with Gasteiger partial charge in [-0.25, -0.2) is 8.78 Å². The van der Waals surface area contributed by atoms with Gasteiger partial charge in [0.2, 0.25) is 0 Å². The molecule has 0 aromatic heterocycles. The highest BCUT2D eigenvalue weighted by molar-refractivity contribution is 5.37. The molecule has 2 aliphatic carbocycles. The molecule has 0 radical (unpaired) electrons. The van der Waals surface area contributed by atoms with Gasteiger partial charge >= 0.3 is 0 Å². The van der Waals surface area contributed by atoms with Crippen LogP contribution < -0.4 is 5.32 Å². The van der Waals surface area contributed by atoms with E-state index in [0.717, 1.165) is 24.9 Å². The summed E-state index contributed by atoms with van der Waals surface area (Å²) >= 11 is 0. The van der Waals surface area contributed by atoms with E-state index in [1.807, 2.05) is 0 Å². The molecular weight excluding hydrogens is 380 g/mol. The smallest absolute Gasteiger partial charge is 0.131 e. The van der Waals surface area contributed by atoms with Crippen LogP contribution in [-0.2, 0) is 11.3 Å². The summed E-state index contributed by atoms with van der Waals surface area (Å²) in [6, 6.07) is 10.2. The van der Waals surface area contributed by atoms with Gasteiger partial charge in [-0.3, -0.25) is 0 Å². The summed E-state index contributed by atoms with van der Waals surface area (Å²) in [6.45, 7) is 6.40. The second-order valence-electron chi connectivity index (χ2n) is 8.92. The van der Waals surface area contributed by atoms with E-state index in [0.29, 0.717) is 12.5 Å². The topological polar surface area (TPSA) is 21.3 Å². The fourth-order valence-corrected chi connectivity index (χ4v) is 5.26. The molecule has 1 N–H and O–H groups in total. The zero-order valence-corrected chi connectivity index (χ0v) is 17.8. The van der Waals surface area contributed by atoms with Gasteiger partial charge in [0.1, 0.15) is 11.6 Å². The van der Waals surface area contributed by atoms with Crippen LogP contribution in [0.5, 0.6) is 0 Å². The van der Waals surface area contributed by atoms with E-state index in [4.69, 9.17) is 4.74 Å². The number of allylic oxidation sites excluding steroid dienone is 2. The van der Waals surface area contributed by atoms with Crippen LogP contribution in [0.3, 0.4) is 0 Å². The molecule has 0 aliphatic heterocycles. The summed E-state index contributed by atoms with van der Waals surface area (Å²) in [5.74, 6) is 1.24. The van der Waals surface area contributed by atoms with Crippen molar-refractivity contribution in [2.75, 3.05) is 19.7 Å². The minimum Gasteiger partial charge on any atom is -0.376 e. The summed E-state index contributed by atoms with van der Waals surface area (Å²) in [5, 5.41) is 3.67. The minimum atomic E-state index is -0.555. The number of hydrogen-bond acceptors (Lipinski definition) is 2. The van der Waals surface area contributed by atoms with Gasteiger partial charge in [-0.15, -0.1) is 0 Å². The Balaban J connectivity index is 1.40. The number of nitrogens with one attached hydrogen (secondary N) is 1. The molecule has 0 amide bonds. The van der Waals surface area contributed by atoms with E-state index in [1.165, 1.54) is 47.7 Å². The first-order valence-corrected chi connectivity index (χ1v) is 11.0. The number of ether oxygens (including phenoxy) is 1. The Morgan fingerprint density at radius 1 is 1.00 bits per heavy atom. The van der Waals surface area contributed by atoms with E-state index in [9.17, 15) is 8.78 Å². The molecule has 30 heavy (non-hydrogen) atoms. The fraction of sp³-hybridized carbons (Fsp3) is 0.462. The maximum atomic E-state index is 13.9. The van der Waals surface area contributed by atoms with E-state index in [-0.39, 0.29) is 18.1 Å². The van der Waals surface area contributed by atoms with Crippen molar-refractivity contribution in [2.24, 2.45) is 17.8 Å². The number of hydrogen-bond donors (Lipinski definition) is 1. The van der Waals surface area contributed by atoms with Gasteiger partial charge in [0.05, 0.1) is 13.2 Å². The molecule has 2 aliphatic rings. The molecule has 2 aromatic carbocycles. The first-order chi connectivity index (χ1) is 14.5. The average molecular weight is 412 g/mol. The van der Waals surface area contributed by atoms with Crippen molar-refractivity contribution in [1.82, 2.24) is 5.32 Å². The molecule has 4 unspecified atom stereocenters. The predicted octanol–water partition coefficient (Wildman–Crippen LogP) is 5.68. The molecule has 4 rings (SSSR count). The Kier molecular flexibility index (Phi) is 6.64. The van der Waals surface area contributed by atoms with Gasteiger partial charge in [0.15, 0.2) is 0 Å². The monoisotopic (exact) mass is 411 g/mol. The van der Waals surface area contributed by atoms with E-state index in [2.05, 4.69) is 49.5 Å². The second kappa shape index (κ2) is 9.40. The van der Waals surface area contributed by atoms with Crippen molar-refractivity contribution in [1.29, 1.82) is 0 Å². The Labute approximate surface area is 178 Å². The lowest BCUT2D eigenvalue weighted by molar-refractivity contribution is 0.101.